The quantitative estimate of drug-likeness (QED) is 0.209. The van der Waals surface area contributed by atoms with Crippen LogP contribution in [0.1, 0.15) is 48.5 Å². The first kappa shape index (κ1) is 41.9. The fourth-order valence-electron chi connectivity index (χ4n) is 5.86. The Morgan fingerprint density at radius 3 is 1.61 bits per heavy atom. The topological polar surface area (TPSA) is 225 Å². The van der Waals surface area contributed by atoms with E-state index in [0.29, 0.717) is 10.4 Å². The summed E-state index contributed by atoms with van der Waals surface area (Å²) in [6, 6.07) is 9.00. The van der Waals surface area contributed by atoms with Crippen LogP contribution < -0.4 is 0 Å². The summed E-state index contributed by atoms with van der Waals surface area (Å²) < 4.78 is 57.4. The highest BCUT2D eigenvalue weighted by Crippen LogP contribution is 2.41. The van der Waals surface area contributed by atoms with Crippen molar-refractivity contribution < 1.29 is 80.9 Å². The molecular formula is C35H41NO17S. The van der Waals surface area contributed by atoms with Gasteiger partial charge in [-0.1, -0.05) is 30.0 Å². The molecule has 2 saturated heterocycles. The van der Waals surface area contributed by atoms with E-state index in [1.807, 2.05) is 12.1 Å². The van der Waals surface area contributed by atoms with Crippen LogP contribution in [-0.2, 0) is 80.9 Å². The van der Waals surface area contributed by atoms with Gasteiger partial charge in [0.1, 0.15) is 37.0 Å². The predicted octanol–water partition coefficient (Wildman–Crippen LogP) is 1.95. The van der Waals surface area contributed by atoms with Crippen LogP contribution in [0.15, 0.2) is 41.4 Å². The van der Waals surface area contributed by atoms with Crippen LogP contribution in [0.2, 0.25) is 0 Å². The molecule has 0 bridgehead atoms. The van der Waals surface area contributed by atoms with Crippen LogP contribution in [0, 0.1) is 0 Å². The van der Waals surface area contributed by atoms with Crippen LogP contribution in [0.3, 0.4) is 0 Å². The number of nitrogens with zero attached hydrogens (tertiary/aromatic N) is 1. The summed E-state index contributed by atoms with van der Waals surface area (Å²) in [7, 11) is 0. The number of ether oxygens (including phenoxy) is 10. The van der Waals surface area contributed by atoms with Gasteiger partial charge in [0.15, 0.2) is 36.8 Å². The fourth-order valence-corrected chi connectivity index (χ4v) is 7.10. The SMILES string of the molecule is CC(=O)OC[C@@H]1O[C@H](O[C@@H]2[C@H](OC(C)=O)[C@@H](OC(C)=O)[C@H](Sc3cccc4cccnc34)O[C@@H]2COC(C)=O)[C@H](OC(C)=O)[C@@H](OC(C)=O)[C@@H]1OC(C)=O. The van der Waals surface area contributed by atoms with E-state index in [1.165, 1.54) is 0 Å². The number of carbonyl (C=O) groups is 7. The van der Waals surface area contributed by atoms with Crippen molar-refractivity contribution in [1.82, 2.24) is 4.98 Å². The summed E-state index contributed by atoms with van der Waals surface area (Å²) in [5.74, 6) is -5.71. The zero-order valence-corrected chi connectivity index (χ0v) is 31.3. The Morgan fingerprint density at radius 2 is 1.06 bits per heavy atom. The van der Waals surface area contributed by atoms with E-state index < -0.39 is 116 Å². The van der Waals surface area contributed by atoms with Gasteiger partial charge in [-0.05, 0) is 12.1 Å². The molecule has 3 heterocycles. The van der Waals surface area contributed by atoms with Gasteiger partial charge in [-0.25, -0.2) is 0 Å². The van der Waals surface area contributed by atoms with E-state index in [0.717, 1.165) is 65.6 Å². The highest BCUT2D eigenvalue weighted by molar-refractivity contribution is 8.00. The molecule has 2 aliphatic rings. The van der Waals surface area contributed by atoms with Crippen LogP contribution >= 0.6 is 11.8 Å². The van der Waals surface area contributed by atoms with Gasteiger partial charge < -0.3 is 47.4 Å². The van der Waals surface area contributed by atoms with Crippen LogP contribution in [-0.4, -0.2) is 121 Å². The zero-order valence-electron chi connectivity index (χ0n) is 30.4. The second-order valence-electron chi connectivity index (χ2n) is 12.1. The minimum absolute atomic E-state index is 0.499. The summed E-state index contributed by atoms with van der Waals surface area (Å²) in [6.45, 7) is 6.60. The number of thioether (sulfide) groups is 1. The van der Waals surface area contributed by atoms with Crippen molar-refractivity contribution in [3.05, 3.63) is 36.5 Å². The molecule has 18 nitrogen and oxygen atoms in total. The standard InChI is InChI=1S/C35H41NO17S/c1-16(37)44-14-24-28(46-18(3)39)30(47-19(4)40)32(49-21(6)42)34(51-24)53-29-25(15-45-17(2)38)52-35(33(50-22(7)43)31(29)48-20(5)41)54-26-12-8-10-23-11-9-13-36-27(23)26/h8-13,24-25,28-35H,14-15H2,1-7H3/t24-,25+,28+,29-,30-,31-,32+,33+,34+,35-/m0/s1. The smallest absolute Gasteiger partial charge is 0.303 e. The summed E-state index contributed by atoms with van der Waals surface area (Å²) in [5, 5.41) is 0.792. The lowest BCUT2D eigenvalue weighted by atomic mass is 9.96. The van der Waals surface area contributed by atoms with E-state index in [4.69, 9.17) is 47.4 Å². The first-order valence-electron chi connectivity index (χ1n) is 16.6. The maximum absolute atomic E-state index is 12.7. The number of pyridine rings is 1. The van der Waals surface area contributed by atoms with Crippen molar-refractivity contribution >= 4 is 64.4 Å². The number of hydrogen-bond acceptors (Lipinski definition) is 19. The lowest BCUT2D eigenvalue weighted by Gasteiger charge is -2.48. The number of hydrogen-bond donors (Lipinski definition) is 0. The molecule has 1 aromatic carbocycles. The molecule has 19 heteroatoms. The van der Waals surface area contributed by atoms with Crippen LogP contribution in [0.4, 0.5) is 0 Å². The summed E-state index contributed by atoms with van der Waals surface area (Å²) in [5.41, 5.74) is -0.548. The number of aromatic nitrogens is 1. The molecular weight excluding hydrogens is 738 g/mol. The third-order valence-corrected chi connectivity index (χ3v) is 8.92. The molecule has 2 fully saturated rings. The van der Waals surface area contributed by atoms with Crippen molar-refractivity contribution in [3.63, 3.8) is 0 Å². The Morgan fingerprint density at radius 1 is 0.574 bits per heavy atom. The number of esters is 7. The normalized spacial score (nSPS) is 27.8. The number of carbonyl (C=O) groups excluding carboxylic acids is 7. The predicted molar refractivity (Wildman–Crippen MR) is 181 cm³/mol. The van der Waals surface area contributed by atoms with Gasteiger partial charge in [-0.3, -0.25) is 38.5 Å². The number of para-hydroxylation sites is 1. The molecule has 0 N–H and O–H groups in total. The molecule has 0 radical (unpaired) electrons. The Kier molecular flexibility index (Phi) is 14.7. The van der Waals surface area contributed by atoms with E-state index in [-0.39, 0.29) is 0 Å². The minimum atomic E-state index is -1.78. The molecule has 10 atom stereocenters. The van der Waals surface area contributed by atoms with Gasteiger partial charge in [0.2, 0.25) is 0 Å². The third kappa shape index (κ3) is 11.3. The Bertz CT molecular complexity index is 1710. The Hall–Kier alpha value is -4.85. The van der Waals surface area contributed by atoms with E-state index >= 15 is 0 Å². The minimum Gasteiger partial charge on any atom is -0.463 e. The van der Waals surface area contributed by atoms with E-state index in [1.54, 1.807) is 24.4 Å². The molecule has 0 saturated carbocycles. The van der Waals surface area contributed by atoms with Crippen molar-refractivity contribution in [1.29, 1.82) is 0 Å². The Balaban J connectivity index is 1.84. The van der Waals surface area contributed by atoms with Gasteiger partial charge in [-0.2, -0.15) is 0 Å². The molecule has 0 aliphatic carbocycles. The largest absolute Gasteiger partial charge is 0.463 e. The average Bonchev–Trinajstić information content (AvgIpc) is 3.07. The molecule has 0 unspecified atom stereocenters. The maximum Gasteiger partial charge on any atom is 0.303 e. The van der Waals surface area contributed by atoms with Crippen molar-refractivity contribution in [2.75, 3.05) is 13.2 Å². The molecule has 0 amide bonds. The monoisotopic (exact) mass is 779 g/mol. The van der Waals surface area contributed by atoms with Crippen molar-refractivity contribution in [2.45, 2.75) is 114 Å². The molecule has 2 aromatic rings. The maximum atomic E-state index is 12.7. The third-order valence-electron chi connectivity index (χ3n) is 7.72. The molecule has 2 aliphatic heterocycles. The number of benzene rings is 1. The van der Waals surface area contributed by atoms with E-state index in [2.05, 4.69) is 4.98 Å². The summed E-state index contributed by atoms with van der Waals surface area (Å²) in [6.07, 6.45) is -12.1. The zero-order chi connectivity index (χ0) is 39.7. The lowest BCUT2D eigenvalue weighted by molar-refractivity contribution is -0.341. The van der Waals surface area contributed by atoms with Crippen molar-refractivity contribution in [3.8, 4) is 0 Å². The number of rotatable bonds is 13. The molecule has 0 spiro atoms. The average molecular weight is 780 g/mol. The van der Waals surface area contributed by atoms with Crippen LogP contribution in [0.25, 0.3) is 10.9 Å². The summed E-state index contributed by atoms with van der Waals surface area (Å²) in [4.78, 5) is 91.3. The molecule has 1 aromatic heterocycles. The first-order valence-corrected chi connectivity index (χ1v) is 17.5. The first-order chi connectivity index (χ1) is 25.5. The van der Waals surface area contributed by atoms with Gasteiger partial charge in [0.05, 0.1) is 5.52 Å². The highest BCUT2D eigenvalue weighted by Gasteiger charge is 2.57. The van der Waals surface area contributed by atoms with Gasteiger partial charge >= 0.3 is 41.8 Å². The van der Waals surface area contributed by atoms with Crippen molar-refractivity contribution in [2.24, 2.45) is 0 Å². The number of fused-ring (bicyclic) bond motifs is 1. The van der Waals surface area contributed by atoms with Gasteiger partial charge in [-0.15, -0.1) is 0 Å². The molecule has 294 valence electrons. The fraction of sp³-hybridized carbons (Fsp3) is 0.543. The lowest BCUT2D eigenvalue weighted by Crippen LogP contribution is -2.66. The second-order valence-corrected chi connectivity index (χ2v) is 13.3. The van der Waals surface area contributed by atoms with Gasteiger partial charge in [0, 0.05) is 64.9 Å². The Labute approximate surface area is 313 Å². The summed E-state index contributed by atoms with van der Waals surface area (Å²) >= 11 is 1.09. The van der Waals surface area contributed by atoms with E-state index in [9.17, 15) is 33.6 Å². The molecule has 4 rings (SSSR count). The second kappa shape index (κ2) is 19.0. The molecule has 54 heavy (non-hydrogen) atoms. The van der Waals surface area contributed by atoms with Crippen LogP contribution in [0.5, 0.6) is 0 Å². The highest BCUT2D eigenvalue weighted by atomic mass is 32.2. The van der Waals surface area contributed by atoms with Gasteiger partial charge in [0.25, 0.3) is 0 Å².